The lowest BCUT2D eigenvalue weighted by atomic mass is 10.1. The Hall–Kier alpha value is -3.33. The third kappa shape index (κ3) is 6.56. The van der Waals surface area contributed by atoms with E-state index in [0.717, 1.165) is 22.2 Å². The Morgan fingerprint density at radius 2 is 1.63 bits per heavy atom. The molecule has 2 amide bonds. The number of halogens is 2. The van der Waals surface area contributed by atoms with Gasteiger partial charge in [0.25, 0.3) is 11.1 Å². The lowest BCUT2D eigenvalue weighted by molar-refractivity contribution is -0.123. The SMILES string of the molecule is CCOc1cc(/C=C2\SC(=O)N(CCOc3ccccc3OC)C2=O)cc(Cl)c1OCc1ccccc1Cl. The summed E-state index contributed by atoms with van der Waals surface area (Å²) in [5.41, 5.74) is 1.40. The van der Waals surface area contributed by atoms with Crippen LogP contribution in [0.4, 0.5) is 4.79 Å². The van der Waals surface area contributed by atoms with Crippen LogP contribution in [-0.2, 0) is 11.4 Å². The third-order valence-electron chi connectivity index (χ3n) is 5.47. The van der Waals surface area contributed by atoms with Crippen molar-refractivity contribution in [2.24, 2.45) is 0 Å². The number of carbonyl (C=O) groups is 2. The van der Waals surface area contributed by atoms with E-state index >= 15 is 0 Å². The summed E-state index contributed by atoms with van der Waals surface area (Å²) in [6, 6.07) is 17.9. The zero-order valence-electron chi connectivity index (χ0n) is 20.7. The minimum atomic E-state index is -0.406. The van der Waals surface area contributed by atoms with Crippen molar-refractivity contribution in [1.82, 2.24) is 4.90 Å². The molecule has 1 aliphatic heterocycles. The molecular formula is C28H25Cl2NO6S. The predicted molar refractivity (Wildman–Crippen MR) is 150 cm³/mol. The number of ether oxygens (including phenoxy) is 4. The number of nitrogens with zero attached hydrogens (tertiary/aromatic N) is 1. The van der Waals surface area contributed by atoms with Crippen molar-refractivity contribution in [3.63, 3.8) is 0 Å². The average Bonchev–Trinajstić information content (AvgIpc) is 3.17. The summed E-state index contributed by atoms with van der Waals surface area (Å²) in [5, 5.41) is 0.515. The number of thioether (sulfide) groups is 1. The van der Waals surface area contributed by atoms with E-state index < -0.39 is 5.91 Å². The zero-order chi connectivity index (χ0) is 27.1. The van der Waals surface area contributed by atoms with Gasteiger partial charge < -0.3 is 18.9 Å². The smallest absolute Gasteiger partial charge is 0.293 e. The van der Waals surface area contributed by atoms with Crippen LogP contribution in [0.25, 0.3) is 6.08 Å². The normalized spacial score (nSPS) is 14.2. The molecule has 0 N–H and O–H groups in total. The molecule has 3 aromatic carbocycles. The molecule has 1 aliphatic rings. The van der Waals surface area contributed by atoms with Crippen molar-refractivity contribution in [3.8, 4) is 23.0 Å². The first-order valence-corrected chi connectivity index (χ1v) is 13.3. The van der Waals surface area contributed by atoms with Crippen LogP contribution in [0.1, 0.15) is 18.1 Å². The predicted octanol–water partition coefficient (Wildman–Crippen LogP) is 7.10. The van der Waals surface area contributed by atoms with Crippen LogP contribution in [0.3, 0.4) is 0 Å². The molecular weight excluding hydrogens is 549 g/mol. The van der Waals surface area contributed by atoms with Crippen molar-refractivity contribution < 1.29 is 28.5 Å². The first kappa shape index (κ1) is 27.7. The van der Waals surface area contributed by atoms with Gasteiger partial charge >= 0.3 is 0 Å². The number of carbonyl (C=O) groups excluding carboxylic acids is 2. The summed E-state index contributed by atoms with van der Waals surface area (Å²) >= 11 is 13.6. The molecule has 0 atom stereocenters. The Bertz CT molecular complexity index is 1360. The Kier molecular flexibility index (Phi) is 9.44. The number of rotatable bonds is 11. The third-order valence-corrected chi connectivity index (χ3v) is 7.03. The summed E-state index contributed by atoms with van der Waals surface area (Å²) in [7, 11) is 1.55. The molecule has 0 radical (unpaired) electrons. The highest BCUT2D eigenvalue weighted by Gasteiger charge is 2.35. The highest BCUT2D eigenvalue weighted by Crippen LogP contribution is 2.40. The number of benzene rings is 3. The molecule has 0 saturated carbocycles. The fourth-order valence-electron chi connectivity index (χ4n) is 3.67. The Balaban J connectivity index is 1.47. The molecule has 0 bridgehead atoms. The van der Waals surface area contributed by atoms with Crippen LogP contribution in [-0.4, -0.2) is 42.9 Å². The van der Waals surface area contributed by atoms with Gasteiger partial charge in [0.15, 0.2) is 23.0 Å². The van der Waals surface area contributed by atoms with Gasteiger partial charge in [-0.2, -0.15) is 0 Å². The highest BCUT2D eigenvalue weighted by molar-refractivity contribution is 8.18. The topological polar surface area (TPSA) is 74.3 Å². The second kappa shape index (κ2) is 13.0. The molecule has 1 saturated heterocycles. The Labute approximate surface area is 235 Å². The molecule has 0 aromatic heterocycles. The van der Waals surface area contributed by atoms with Crippen molar-refractivity contribution in [1.29, 1.82) is 0 Å². The van der Waals surface area contributed by atoms with E-state index in [9.17, 15) is 9.59 Å². The van der Waals surface area contributed by atoms with Gasteiger partial charge in [0.1, 0.15) is 13.2 Å². The zero-order valence-corrected chi connectivity index (χ0v) is 23.1. The maximum Gasteiger partial charge on any atom is 0.293 e. The molecule has 1 heterocycles. The van der Waals surface area contributed by atoms with Gasteiger partial charge in [-0.3, -0.25) is 14.5 Å². The van der Waals surface area contributed by atoms with E-state index in [2.05, 4.69) is 0 Å². The summed E-state index contributed by atoms with van der Waals surface area (Å²) in [4.78, 5) is 27.0. The average molecular weight is 574 g/mol. The molecule has 0 unspecified atom stereocenters. The van der Waals surface area contributed by atoms with Crippen LogP contribution >= 0.6 is 35.0 Å². The van der Waals surface area contributed by atoms with Gasteiger partial charge in [0.2, 0.25) is 0 Å². The fourth-order valence-corrected chi connectivity index (χ4v) is 5.00. The molecule has 1 fully saturated rings. The molecule has 38 heavy (non-hydrogen) atoms. The van der Waals surface area contributed by atoms with E-state index in [1.807, 2.05) is 37.3 Å². The van der Waals surface area contributed by atoms with E-state index in [1.54, 1.807) is 43.5 Å². The van der Waals surface area contributed by atoms with E-state index in [4.69, 9.17) is 42.1 Å². The maximum absolute atomic E-state index is 13.0. The summed E-state index contributed by atoms with van der Waals surface area (Å²) < 4.78 is 22.7. The first-order valence-electron chi connectivity index (χ1n) is 11.7. The molecule has 7 nitrogen and oxygen atoms in total. The van der Waals surface area contributed by atoms with Crippen molar-refractivity contribution in [2.45, 2.75) is 13.5 Å². The van der Waals surface area contributed by atoms with Gasteiger partial charge in [0.05, 0.1) is 30.2 Å². The monoisotopic (exact) mass is 573 g/mol. The standard InChI is InChI=1S/C28H25Cl2NO6S/c1-3-35-24-15-18(14-21(30)26(24)37-17-19-8-4-5-9-20(19)29)16-25-27(32)31(28(33)38-25)12-13-36-23-11-7-6-10-22(23)34-2/h4-11,14-16H,3,12-13,17H2,1-2H3/b25-16-. The molecule has 4 rings (SSSR count). The van der Waals surface area contributed by atoms with E-state index in [1.165, 1.54) is 0 Å². The second-order valence-corrected chi connectivity index (χ2v) is 9.78. The molecule has 3 aromatic rings. The van der Waals surface area contributed by atoms with Gasteiger partial charge in [-0.15, -0.1) is 0 Å². The van der Waals surface area contributed by atoms with Gasteiger partial charge in [-0.05, 0) is 60.7 Å². The van der Waals surface area contributed by atoms with Crippen LogP contribution < -0.4 is 18.9 Å². The Morgan fingerprint density at radius 1 is 0.895 bits per heavy atom. The van der Waals surface area contributed by atoms with Crippen LogP contribution in [0.2, 0.25) is 10.0 Å². The quantitative estimate of drug-likeness (QED) is 0.226. The van der Waals surface area contributed by atoms with Gasteiger partial charge in [0, 0.05) is 10.6 Å². The van der Waals surface area contributed by atoms with Crippen LogP contribution in [0.15, 0.2) is 65.6 Å². The first-order chi connectivity index (χ1) is 18.4. The number of imide groups is 1. The second-order valence-electron chi connectivity index (χ2n) is 7.98. The number of hydrogen-bond acceptors (Lipinski definition) is 7. The van der Waals surface area contributed by atoms with Gasteiger partial charge in [-0.1, -0.05) is 53.5 Å². The van der Waals surface area contributed by atoms with Crippen molar-refractivity contribution >= 4 is 52.2 Å². The summed E-state index contributed by atoms with van der Waals surface area (Å²) in [6.45, 7) is 2.65. The summed E-state index contributed by atoms with van der Waals surface area (Å²) in [5.74, 6) is 1.49. The van der Waals surface area contributed by atoms with E-state index in [-0.39, 0.29) is 29.9 Å². The largest absolute Gasteiger partial charge is 0.493 e. The minimum Gasteiger partial charge on any atom is -0.493 e. The number of para-hydroxylation sites is 2. The lowest BCUT2D eigenvalue weighted by Gasteiger charge is -2.15. The van der Waals surface area contributed by atoms with Crippen molar-refractivity contribution in [3.05, 3.63) is 86.7 Å². The molecule has 0 spiro atoms. The lowest BCUT2D eigenvalue weighted by Crippen LogP contribution is -2.32. The van der Waals surface area contributed by atoms with Gasteiger partial charge in [-0.25, -0.2) is 0 Å². The highest BCUT2D eigenvalue weighted by atomic mass is 35.5. The fraction of sp³-hybridized carbons (Fsp3) is 0.214. The van der Waals surface area contributed by atoms with Crippen molar-refractivity contribution in [2.75, 3.05) is 26.9 Å². The Morgan fingerprint density at radius 3 is 2.37 bits per heavy atom. The molecule has 198 valence electrons. The minimum absolute atomic E-state index is 0.0971. The number of methoxy groups -OCH3 is 1. The molecule has 0 aliphatic carbocycles. The number of amides is 2. The summed E-state index contributed by atoms with van der Waals surface area (Å²) in [6.07, 6.45) is 1.61. The maximum atomic E-state index is 13.0. The van der Waals surface area contributed by atoms with Crippen LogP contribution in [0.5, 0.6) is 23.0 Å². The van der Waals surface area contributed by atoms with E-state index in [0.29, 0.717) is 45.2 Å². The van der Waals surface area contributed by atoms with Crippen LogP contribution in [0, 0.1) is 0 Å². The number of hydrogen-bond donors (Lipinski definition) is 0. The molecule has 10 heteroatoms.